The SMILES string of the molecule is O=C(Nc1c(Cl)cccc1C(F)(F)F)N1CCCC1. The minimum Gasteiger partial charge on any atom is -0.325 e. The summed E-state index contributed by atoms with van der Waals surface area (Å²) in [7, 11) is 0. The van der Waals surface area contributed by atoms with Gasteiger partial charge >= 0.3 is 12.2 Å². The number of nitrogens with zero attached hydrogens (tertiary/aromatic N) is 1. The van der Waals surface area contributed by atoms with Gasteiger partial charge in [-0.25, -0.2) is 4.79 Å². The lowest BCUT2D eigenvalue weighted by Crippen LogP contribution is -2.33. The standard InChI is InChI=1S/C12H12ClF3N2O/c13-9-5-3-4-8(12(14,15)16)10(9)17-11(19)18-6-1-2-7-18/h3-5H,1-2,6-7H2,(H,17,19). The molecule has 7 heteroatoms. The zero-order valence-corrected chi connectivity index (χ0v) is 10.7. The lowest BCUT2D eigenvalue weighted by Gasteiger charge is -2.19. The van der Waals surface area contributed by atoms with Crippen molar-refractivity contribution in [3.8, 4) is 0 Å². The van der Waals surface area contributed by atoms with Crippen LogP contribution in [0, 0.1) is 0 Å². The molecule has 1 aliphatic heterocycles. The molecular formula is C12H12ClF3N2O. The van der Waals surface area contributed by atoms with Crippen LogP contribution in [0.4, 0.5) is 23.7 Å². The normalized spacial score (nSPS) is 15.7. The fraction of sp³-hybridized carbons (Fsp3) is 0.417. The van der Waals surface area contributed by atoms with E-state index < -0.39 is 17.8 Å². The van der Waals surface area contributed by atoms with Crippen LogP contribution in [0.3, 0.4) is 0 Å². The zero-order chi connectivity index (χ0) is 14.0. The van der Waals surface area contributed by atoms with Gasteiger partial charge in [0.05, 0.1) is 16.3 Å². The Morgan fingerprint density at radius 2 is 1.89 bits per heavy atom. The maximum Gasteiger partial charge on any atom is 0.418 e. The molecule has 0 aliphatic carbocycles. The number of benzene rings is 1. The topological polar surface area (TPSA) is 32.3 Å². The molecule has 1 N–H and O–H groups in total. The second-order valence-corrected chi connectivity index (χ2v) is 4.69. The Kier molecular flexibility index (Phi) is 3.89. The maximum absolute atomic E-state index is 12.8. The molecule has 1 fully saturated rings. The number of hydrogen-bond donors (Lipinski definition) is 1. The summed E-state index contributed by atoms with van der Waals surface area (Å²) in [6.45, 7) is 1.11. The van der Waals surface area contributed by atoms with Crippen molar-refractivity contribution in [3.05, 3.63) is 28.8 Å². The average Bonchev–Trinajstić information content (AvgIpc) is 2.83. The van der Waals surface area contributed by atoms with Gasteiger partial charge in [0.25, 0.3) is 0 Å². The van der Waals surface area contributed by atoms with Crippen molar-refractivity contribution in [3.63, 3.8) is 0 Å². The smallest absolute Gasteiger partial charge is 0.325 e. The van der Waals surface area contributed by atoms with Gasteiger partial charge in [0.1, 0.15) is 0 Å². The summed E-state index contributed by atoms with van der Waals surface area (Å²) in [6.07, 6.45) is -2.83. The van der Waals surface area contributed by atoms with Crippen LogP contribution in [-0.2, 0) is 6.18 Å². The van der Waals surface area contributed by atoms with Crippen molar-refractivity contribution in [2.24, 2.45) is 0 Å². The molecular weight excluding hydrogens is 281 g/mol. The number of urea groups is 1. The molecule has 2 amide bonds. The first-order valence-corrected chi connectivity index (χ1v) is 6.19. The van der Waals surface area contributed by atoms with E-state index in [1.165, 1.54) is 17.0 Å². The molecule has 1 aliphatic rings. The van der Waals surface area contributed by atoms with E-state index in [1.807, 2.05) is 0 Å². The molecule has 0 atom stereocenters. The van der Waals surface area contributed by atoms with E-state index in [4.69, 9.17) is 11.6 Å². The molecule has 1 heterocycles. The molecule has 2 rings (SSSR count). The summed E-state index contributed by atoms with van der Waals surface area (Å²) in [5.74, 6) is 0. The first-order valence-electron chi connectivity index (χ1n) is 5.81. The molecule has 1 aromatic rings. The van der Waals surface area contributed by atoms with Crippen LogP contribution in [0.1, 0.15) is 18.4 Å². The van der Waals surface area contributed by atoms with Gasteiger partial charge in [0.15, 0.2) is 0 Å². The van der Waals surface area contributed by atoms with Gasteiger partial charge in [-0.1, -0.05) is 17.7 Å². The number of alkyl halides is 3. The van der Waals surface area contributed by atoms with E-state index in [0.29, 0.717) is 13.1 Å². The lowest BCUT2D eigenvalue weighted by molar-refractivity contribution is -0.136. The molecule has 0 spiro atoms. The predicted octanol–water partition coefficient (Wildman–Crippen LogP) is 3.99. The Morgan fingerprint density at radius 1 is 1.26 bits per heavy atom. The third-order valence-corrected chi connectivity index (χ3v) is 3.26. The molecule has 0 bridgehead atoms. The van der Waals surface area contributed by atoms with Crippen molar-refractivity contribution < 1.29 is 18.0 Å². The molecule has 0 aromatic heterocycles. The summed E-state index contributed by atoms with van der Waals surface area (Å²) in [5.41, 5.74) is -1.32. The molecule has 0 radical (unpaired) electrons. The average molecular weight is 293 g/mol. The molecule has 1 aromatic carbocycles. The number of rotatable bonds is 1. The second-order valence-electron chi connectivity index (χ2n) is 4.28. The molecule has 19 heavy (non-hydrogen) atoms. The Bertz CT molecular complexity index is 484. The lowest BCUT2D eigenvalue weighted by atomic mass is 10.1. The monoisotopic (exact) mass is 292 g/mol. The van der Waals surface area contributed by atoms with Crippen molar-refractivity contribution in [1.29, 1.82) is 0 Å². The maximum atomic E-state index is 12.8. The van der Waals surface area contributed by atoms with E-state index in [9.17, 15) is 18.0 Å². The van der Waals surface area contributed by atoms with Crippen molar-refractivity contribution >= 4 is 23.3 Å². The molecule has 1 saturated heterocycles. The van der Waals surface area contributed by atoms with Crippen LogP contribution in [0.25, 0.3) is 0 Å². The summed E-state index contributed by atoms with van der Waals surface area (Å²) < 4.78 is 38.5. The Labute approximate surface area is 113 Å². The summed E-state index contributed by atoms with van der Waals surface area (Å²) in [5, 5.41) is 2.14. The quantitative estimate of drug-likeness (QED) is 0.834. The van der Waals surface area contributed by atoms with Gasteiger partial charge in [-0.05, 0) is 25.0 Å². The van der Waals surface area contributed by atoms with E-state index in [1.54, 1.807) is 0 Å². The van der Waals surface area contributed by atoms with Crippen molar-refractivity contribution in [2.45, 2.75) is 19.0 Å². The number of para-hydroxylation sites is 1. The van der Waals surface area contributed by atoms with E-state index >= 15 is 0 Å². The van der Waals surface area contributed by atoms with Crippen LogP contribution in [-0.4, -0.2) is 24.0 Å². The highest BCUT2D eigenvalue weighted by Crippen LogP contribution is 2.38. The first-order chi connectivity index (χ1) is 8.89. The molecule has 104 valence electrons. The van der Waals surface area contributed by atoms with Crippen LogP contribution >= 0.6 is 11.6 Å². The predicted molar refractivity (Wildman–Crippen MR) is 66.3 cm³/mol. The highest BCUT2D eigenvalue weighted by atomic mass is 35.5. The summed E-state index contributed by atoms with van der Waals surface area (Å²) >= 11 is 5.75. The second kappa shape index (κ2) is 5.28. The summed E-state index contributed by atoms with van der Waals surface area (Å²) in [4.78, 5) is 13.3. The number of carbonyl (C=O) groups excluding carboxylic acids is 1. The van der Waals surface area contributed by atoms with Gasteiger partial charge < -0.3 is 10.2 Å². The van der Waals surface area contributed by atoms with Gasteiger partial charge in [-0.15, -0.1) is 0 Å². The van der Waals surface area contributed by atoms with Gasteiger partial charge in [0, 0.05) is 13.1 Å². The highest BCUT2D eigenvalue weighted by molar-refractivity contribution is 6.33. The Balaban J connectivity index is 2.26. The van der Waals surface area contributed by atoms with Crippen LogP contribution in [0.15, 0.2) is 18.2 Å². The fourth-order valence-electron chi connectivity index (χ4n) is 1.99. The number of likely N-dealkylation sites (tertiary alicyclic amines) is 1. The number of hydrogen-bond acceptors (Lipinski definition) is 1. The molecule has 3 nitrogen and oxygen atoms in total. The van der Waals surface area contributed by atoms with E-state index in [2.05, 4.69) is 5.32 Å². The Hall–Kier alpha value is -1.43. The van der Waals surface area contributed by atoms with E-state index in [-0.39, 0.29) is 10.7 Å². The van der Waals surface area contributed by atoms with Crippen LogP contribution in [0.2, 0.25) is 5.02 Å². The molecule has 0 unspecified atom stereocenters. The third-order valence-electron chi connectivity index (χ3n) is 2.94. The van der Waals surface area contributed by atoms with Crippen molar-refractivity contribution in [1.82, 2.24) is 4.90 Å². The van der Waals surface area contributed by atoms with Gasteiger partial charge in [0.2, 0.25) is 0 Å². The largest absolute Gasteiger partial charge is 0.418 e. The number of nitrogens with one attached hydrogen (secondary N) is 1. The fourth-order valence-corrected chi connectivity index (χ4v) is 2.22. The summed E-state index contributed by atoms with van der Waals surface area (Å²) in [6, 6.07) is 2.87. The van der Waals surface area contributed by atoms with Crippen LogP contribution in [0.5, 0.6) is 0 Å². The highest BCUT2D eigenvalue weighted by Gasteiger charge is 2.35. The number of halogens is 4. The minimum atomic E-state index is -4.56. The van der Waals surface area contributed by atoms with Gasteiger partial charge in [-0.3, -0.25) is 0 Å². The zero-order valence-electron chi connectivity index (χ0n) is 9.93. The minimum absolute atomic E-state index is 0.123. The van der Waals surface area contributed by atoms with E-state index in [0.717, 1.165) is 18.9 Å². The number of amides is 2. The molecule has 0 saturated carbocycles. The Morgan fingerprint density at radius 3 is 2.47 bits per heavy atom. The first kappa shape index (κ1) is 14.0. The number of carbonyl (C=O) groups is 1. The van der Waals surface area contributed by atoms with Gasteiger partial charge in [-0.2, -0.15) is 13.2 Å². The third kappa shape index (κ3) is 3.12. The number of anilines is 1. The van der Waals surface area contributed by atoms with Crippen LogP contribution < -0.4 is 5.32 Å². The van der Waals surface area contributed by atoms with Crippen molar-refractivity contribution in [2.75, 3.05) is 18.4 Å².